The molecule has 22 nitrogen and oxygen atoms in total. The van der Waals surface area contributed by atoms with Gasteiger partial charge in [-0.25, -0.2) is 4.79 Å². The molecule has 1 aliphatic heterocycles. The van der Waals surface area contributed by atoms with Crippen molar-refractivity contribution >= 4 is 64.2 Å². The molecule has 0 bridgehead atoms. The van der Waals surface area contributed by atoms with Gasteiger partial charge >= 0.3 is 5.97 Å². The summed E-state index contributed by atoms with van der Waals surface area (Å²) in [5.74, 6) is -7.02. The molecule has 22 heteroatoms. The van der Waals surface area contributed by atoms with Gasteiger partial charge in [0.15, 0.2) is 5.96 Å². The number of nitrogens with one attached hydrogen (secondary N) is 9. The Bertz CT molecular complexity index is 2190. The van der Waals surface area contributed by atoms with E-state index in [1.54, 1.807) is 43.5 Å². The van der Waals surface area contributed by atoms with Gasteiger partial charge in [0.2, 0.25) is 41.4 Å². The lowest BCUT2D eigenvalue weighted by Crippen LogP contribution is -2.60. The molecule has 0 aliphatic carbocycles. The number of para-hydroxylation sites is 1. The van der Waals surface area contributed by atoms with Crippen LogP contribution >= 0.6 is 0 Å². The predicted molar refractivity (Wildman–Crippen MR) is 242 cm³/mol. The molecule has 4 rings (SSSR count). The van der Waals surface area contributed by atoms with E-state index in [0.29, 0.717) is 24.0 Å². The van der Waals surface area contributed by atoms with Crippen molar-refractivity contribution in [2.24, 2.45) is 17.4 Å². The number of aliphatic hydroxyl groups is 1. The maximum atomic E-state index is 14.4. The molecule has 358 valence electrons. The fraction of sp³-hybridized carbons (Fsp3) is 0.477. The van der Waals surface area contributed by atoms with E-state index in [1.165, 1.54) is 4.90 Å². The first-order valence-corrected chi connectivity index (χ1v) is 21.8. The first-order valence-electron chi connectivity index (χ1n) is 21.8. The number of carbonyl (C=O) groups is 8. The number of carboxylic acid groups (broad SMARTS) is 1. The van der Waals surface area contributed by atoms with E-state index in [0.717, 1.165) is 10.9 Å². The largest absolute Gasteiger partial charge is 0.480 e. The van der Waals surface area contributed by atoms with Gasteiger partial charge in [-0.3, -0.25) is 39.0 Å². The van der Waals surface area contributed by atoms with E-state index in [1.807, 2.05) is 31.2 Å². The topological polar surface area (TPSA) is 356 Å². The number of fused-ring (bicyclic) bond motifs is 1. The van der Waals surface area contributed by atoms with Crippen molar-refractivity contribution in [2.45, 2.75) is 95.0 Å². The summed E-state index contributed by atoms with van der Waals surface area (Å²) in [7, 11) is 0. The van der Waals surface area contributed by atoms with Crippen LogP contribution in [0.15, 0.2) is 60.8 Å². The van der Waals surface area contributed by atoms with Crippen molar-refractivity contribution in [1.29, 1.82) is 5.41 Å². The van der Waals surface area contributed by atoms with Gasteiger partial charge < -0.3 is 68.8 Å². The quantitative estimate of drug-likeness (QED) is 0.0245. The lowest BCUT2D eigenvalue weighted by atomic mass is 9.96. The van der Waals surface area contributed by atoms with Crippen LogP contribution in [0.5, 0.6) is 0 Å². The SMILES string of the molecule is CC[C@H](C)[C@H](NC(=O)[C@H](Cc1c[nH]c2ccccc12)NC(=O)CNC(=O)[C@H](CCCNC(=N)N)NC(=O)CNC(=O)[C@@H](N)CO)C(=O)N1CCC[C@H]1C(=O)N[C@@H](Cc1ccccc1)C(=O)O. The number of rotatable bonds is 25. The minimum Gasteiger partial charge on any atom is -0.480 e. The normalized spacial score (nSPS) is 16.1. The third kappa shape index (κ3) is 15.3. The zero-order valence-corrected chi connectivity index (χ0v) is 37.1. The molecule has 1 aromatic heterocycles. The zero-order chi connectivity index (χ0) is 48.3. The molecule has 0 radical (unpaired) electrons. The molecular formula is C44H62N12O10. The number of guanidine groups is 1. The molecule has 1 fully saturated rings. The number of likely N-dealkylation sites (tertiary alicyclic amines) is 1. The summed E-state index contributed by atoms with van der Waals surface area (Å²) in [6.07, 6.45) is 3.12. The minimum absolute atomic E-state index is 0.0214. The molecule has 7 atom stereocenters. The number of aliphatic hydroxyl groups excluding tert-OH is 1. The number of carbonyl (C=O) groups excluding carboxylic acids is 7. The number of aromatic amines is 1. The number of hydrogen-bond donors (Lipinski definition) is 13. The lowest BCUT2D eigenvalue weighted by Gasteiger charge is -2.32. The number of amides is 7. The van der Waals surface area contributed by atoms with Crippen molar-refractivity contribution in [2.75, 3.05) is 32.8 Å². The Kier molecular flexibility index (Phi) is 19.9. The molecule has 15 N–H and O–H groups in total. The Hall–Kier alpha value is -7.07. The van der Waals surface area contributed by atoms with Crippen LogP contribution in [0.4, 0.5) is 0 Å². The van der Waals surface area contributed by atoms with Gasteiger partial charge in [0, 0.05) is 43.0 Å². The van der Waals surface area contributed by atoms with Gasteiger partial charge in [0.1, 0.15) is 36.3 Å². The Morgan fingerprint density at radius 3 is 2.14 bits per heavy atom. The summed E-state index contributed by atoms with van der Waals surface area (Å²) in [4.78, 5) is 111. The third-order valence-electron chi connectivity index (χ3n) is 11.3. The Labute approximate surface area is 381 Å². The third-order valence-corrected chi connectivity index (χ3v) is 11.3. The summed E-state index contributed by atoms with van der Waals surface area (Å²) >= 11 is 0. The molecule has 3 aromatic rings. The van der Waals surface area contributed by atoms with Gasteiger partial charge in [0.05, 0.1) is 19.7 Å². The highest BCUT2D eigenvalue weighted by Gasteiger charge is 2.41. The van der Waals surface area contributed by atoms with Crippen molar-refractivity contribution in [1.82, 2.24) is 47.1 Å². The molecule has 2 aromatic carbocycles. The molecule has 1 aliphatic rings. The Morgan fingerprint density at radius 1 is 0.833 bits per heavy atom. The number of aromatic nitrogens is 1. The van der Waals surface area contributed by atoms with Crippen molar-refractivity contribution in [3.8, 4) is 0 Å². The number of aliphatic carboxylic acids is 1. The van der Waals surface area contributed by atoms with Gasteiger partial charge in [-0.05, 0) is 48.8 Å². The maximum absolute atomic E-state index is 14.4. The second-order valence-electron chi connectivity index (χ2n) is 16.2. The number of hydrogen-bond acceptors (Lipinski definition) is 11. The molecule has 66 heavy (non-hydrogen) atoms. The van der Waals surface area contributed by atoms with Crippen LogP contribution in [0.1, 0.15) is 57.1 Å². The van der Waals surface area contributed by atoms with Crippen molar-refractivity contribution in [3.63, 3.8) is 0 Å². The molecule has 0 spiro atoms. The summed E-state index contributed by atoms with van der Waals surface area (Å²) in [5.41, 5.74) is 13.0. The molecule has 1 saturated heterocycles. The first kappa shape index (κ1) is 51.6. The van der Waals surface area contributed by atoms with Crippen LogP contribution in [0, 0.1) is 11.3 Å². The second kappa shape index (κ2) is 25.4. The van der Waals surface area contributed by atoms with Crippen LogP contribution in [0.3, 0.4) is 0 Å². The Balaban J connectivity index is 1.50. The van der Waals surface area contributed by atoms with E-state index >= 15 is 0 Å². The van der Waals surface area contributed by atoms with Gasteiger partial charge in [-0.2, -0.15) is 0 Å². The second-order valence-corrected chi connectivity index (χ2v) is 16.2. The van der Waals surface area contributed by atoms with Crippen LogP contribution in [-0.4, -0.2) is 142 Å². The monoisotopic (exact) mass is 918 g/mol. The molecular weight excluding hydrogens is 857 g/mol. The smallest absolute Gasteiger partial charge is 0.326 e. The fourth-order valence-corrected chi connectivity index (χ4v) is 7.43. The maximum Gasteiger partial charge on any atom is 0.326 e. The van der Waals surface area contributed by atoms with E-state index in [9.17, 15) is 43.5 Å². The average Bonchev–Trinajstić information content (AvgIpc) is 3.97. The van der Waals surface area contributed by atoms with Crippen LogP contribution < -0.4 is 48.7 Å². The predicted octanol–water partition coefficient (Wildman–Crippen LogP) is -2.17. The summed E-state index contributed by atoms with van der Waals surface area (Å²) in [5, 5.41) is 45.1. The van der Waals surface area contributed by atoms with Crippen LogP contribution in [0.25, 0.3) is 10.9 Å². The van der Waals surface area contributed by atoms with Crippen molar-refractivity contribution in [3.05, 3.63) is 71.9 Å². The summed E-state index contributed by atoms with van der Waals surface area (Å²) in [6.45, 7) is 2.09. The first-order chi connectivity index (χ1) is 31.5. The van der Waals surface area contributed by atoms with E-state index < -0.39 is 109 Å². The number of nitrogens with zero attached hydrogens (tertiary/aromatic N) is 1. The highest BCUT2D eigenvalue weighted by molar-refractivity contribution is 5.97. The average molecular weight is 919 g/mol. The van der Waals surface area contributed by atoms with Crippen LogP contribution in [-0.2, 0) is 51.2 Å². The highest BCUT2D eigenvalue weighted by Crippen LogP contribution is 2.23. The summed E-state index contributed by atoms with van der Waals surface area (Å²) < 4.78 is 0. The number of carboxylic acids is 1. The van der Waals surface area contributed by atoms with Crippen molar-refractivity contribution < 1.29 is 48.6 Å². The van der Waals surface area contributed by atoms with E-state index in [2.05, 4.69) is 42.2 Å². The van der Waals surface area contributed by atoms with E-state index in [-0.39, 0.29) is 51.2 Å². The Morgan fingerprint density at radius 2 is 1.48 bits per heavy atom. The van der Waals surface area contributed by atoms with Gasteiger partial charge in [0.25, 0.3) is 0 Å². The van der Waals surface area contributed by atoms with Gasteiger partial charge in [-0.15, -0.1) is 0 Å². The molecule has 7 amide bonds. The molecule has 2 heterocycles. The molecule has 0 saturated carbocycles. The highest BCUT2D eigenvalue weighted by atomic mass is 16.4. The number of benzene rings is 2. The molecule has 0 unspecified atom stereocenters. The fourth-order valence-electron chi connectivity index (χ4n) is 7.43. The number of H-pyrrole nitrogens is 1. The van der Waals surface area contributed by atoms with E-state index in [4.69, 9.17) is 22.0 Å². The van der Waals surface area contributed by atoms with Gasteiger partial charge in [-0.1, -0.05) is 68.8 Å². The zero-order valence-electron chi connectivity index (χ0n) is 37.1. The summed E-state index contributed by atoms with van der Waals surface area (Å²) in [6, 6.07) is 8.97. The number of nitrogens with two attached hydrogens (primary N) is 2. The van der Waals surface area contributed by atoms with Crippen LogP contribution in [0.2, 0.25) is 0 Å². The lowest BCUT2D eigenvalue weighted by molar-refractivity contribution is -0.145. The minimum atomic E-state index is -1.29. The standard InChI is InChI=1S/C44H62N12O10/c1-3-25(2)37(42(64)56-18-10-16-34(56)41(63)54-33(43(65)66)19-26-11-5-4-6-12-26)55-40(62)32(20-27-21-49-30-14-8-7-13-28(27)30)53-36(59)23-51-39(61)31(15-9-17-48-44(46)47)52-35(58)22-50-38(60)29(45)24-57/h4-8,11-14,21,25,29,31-34,37,49,57H,3,9-10,15-20,22-24,45H2,1-2H3,(H,50,60)(H,51,61)(H,52,58)(H,53,59)(H,54,63)(H,55,62)(H,65,66)(H4,46,47,48)/t25-,29-,31-,32-,33-,34-,37-/m0/s1.